The number of urea groups is 1. The number of carbonyl (C=O) groups excluding carboxylic acids is 1. The average molecular weight is 316 g/mol. The molecule has 0 aliphatic heterocycles. The number of benzene rings is 1. The van der Waals surface area contributed by atoms with Crippen LogP contribution in [-0.2, 0) is 20.0 Å². The van der Waals surface area contributed by atoms with Crippen LogP contribution in [-0.4, -0.2) is 27.5 Å². The van der Waals surface area contributed by atoms with E-state index in [4.69, 9.17) is 0 Å². The third-order valence-electron chi connectivity index (χ3n) is 3.65. The molecule has 0 saturated heterocycles. The van der Waals surface area contributed by atoms with Crippen LogP contribution < -0.4 is 10.6 Å². The van der Waals surface area contributed by atoms with Crippen LogP contribution in [0.3, 0.4) is 0 Å². The van der Waals surface area contributed by atoms with E-state index >= 15 is 0 Å². The summed E-state index contributed by atoms with van der Waals surface area (Å²) in [5.74, 6) is 0. The smallest absolute Gasteiger partial charge is 0.315 e. The molecule has 0 aliphatic rings. The monoisotopic (exact) mass is 316 g/mol. The number of aryl methyl sites for hydroxylation is 3. The lowest BCUT2D eigenvalue weighted by atomic mass is 10.1. The number of rotatable bonds is 6. The van der Waals surface area contributed by atoms with Crippen molar-refractivity contribution in [2.75, 3.05) is 6.54 Å². The normalized spacial score (nSPS) is 12.0. The largest absolute Gasteiger partial charge is 0.387 e. The van der Waals surface area contributed by atoms with Gasteiger partial charge in [0.1, 0.15) is 0 Å². The van der Waals surface area contributed by atoms with Gasteiger partial charge in [0.15, 0.2) is 0 Å². The summed E-state index contributed by atoms with van der Waals surface area (Å²) in [5.41, 5.74) is 3.86. The van der Waals surface area contributed by atoms with Crippen molar-refractivity contribution in [2.24, 2.45) is 7.05 Å². The second-order valence-electron chi connectivity index (χ2n) is 5.62. The van der Waals surface area contributed by atoms with Gasteiger partial charge < -0.3 is 15.7 Å². The molecule has 1 aromatic heterocycles. The number of nitrogens with zero attached hydrogens (tertiary/aromatic N) is 2. The number of aliphatic hydroxyl groups is 1. The molecule has 23 heavy (non-hydrogen) atoms. The fourth-order valence-electron chi connectivity index (χ4n) is 2.45. The predicted molar refractivity (Wildman–Crippen MR) is 89.0 cm³/mol. The van der Waals surface area contributed by atoms with Gasteiger partial charge in [-0.3, -0.25) is 4.68 Å². The van der Waals surface area contributed by atoms with E-state index in [0.717, 1.165) is 28.8 Å². The van der Waals surface area contributed by atoms with Crippen molar-refractivity contribution < 1.29 is 9.90 Å². The number of hydrogen-bond acceptors (Lipinski definition) is 3. The summed E-state index contributed by atoms with van der Waals surface area (Å²) in [6, 6.07) is 7.31. The van der Waals surface area contributed by atoms with Crippen LogP contribution in [0.2, 0.25) is 0 Å². The number of carbonyl (C=O) groups is 1. The summed E-state index contributed by atoms with van der Waals surface area (Å²) in [4.78, 5) is 11.9. The lowest BCUT2D eigenvalue weighted by Crippen LogP contribution is -2.37. The summed E-state index contributed by atoms with van der Waals surface area (Å²) >= 11 is 0. The highest BCUT2D eigenvalue weighted by Gasteiger charge is 2.11. The van der Waals surface area contributed by atoms with Crippen molar-refractivity contribution in [3.05, 3.63) is 52.8 Å². The molecule has 0 saturated carbocycles. The molecule has 124 valence electrons. The molecule has 6 nitrogen and oxygen atoms in total. The van der Waals surface area contributed by atoms with Crippen LogP contribution in [0.15, 0.2) is 30.5 Å². The number of hydrogen-bond donors (Lipinski definition) is 3. The lowest BCUT2D eigenvalue weighted by molar-refractivity contribution is 0.173. The minimum atomic E-state index is -0.717. The first kappa shape index (κ1) is 17.0. The third kappa shape index (κ3) is 4.82. The maximum atomic E-state index is 11.9. The van der Waals surface area contributed by atoms with Crippen molar-refractivity contribution >= 4 is 6.03 Å². The van der Waals surface area contributed by atoms with Gasteiger partial charge in [0.05, 0.1) is 11.8 Å². The van der Waals surface area contributed by atoms with Crippen molar-refractivity contribution in [2.45, 2.75) is 32.9 Å². The van der Waals surface area contributed by atoms with Gasteiger partial charge in [-0.15, -0.1) is 0 Å². The Balaban J connectivity index is 1.81. The van der Waals surface area contributed by atoms with Crippen LogP contribution in [0.25, 0.3) is 0 Å². The summed E-state index contributed by atoms with van der Waals surface area (Å²) in [7, 11) is 1.86. The molecular weight excluding hydrogens is 292 g/mol. The number of aromatic nitrogens is 2. The van der Waals surface area contributed by atoms with Gasteiger partial charge in [0.25, 0.3) is 0 Å². The maximum Gasteiger partial charge on any atom is 0.315 e. The fourth-order valence-corrected chi connectivity index (χ4v) is 2.45. The average Bonchev–Trinajstić information content (AvgIpc) is 2.90. The zero-order chi connectivity index (χ0) is 16.8. The van der Waals surface area contributed by atoms with E-state index in [1.807, 2.05) is 51.4 Å². The van der Waals surface area contributed by atoms with Crippen molar-refractivity contribution in [1.82, 2.24) is 20.4 Å². The van der Waals surface area contributed by atoms with Gasteiger partial charge in [-0.05, 0) is 18.9 Å². The Labute approximate surface area is 136 Å². The molecule has 2 amide bonds. The van der Waals surface area contributed by atoms with Gasteiger partial charge in [-0.25, -0.2) is 4.79 Å². The molecule has 2 rings (SSSR count). The highest BCUT2D eigenvalue weighted by Crippen LogP contribution is 2.13. The Kier molecular flexibility index (Phi) is 5.76. The molecule has 6 heteroatoms. The quantitative estimate of drug-likeness (QED) is 0.760. The first-order valence-corrected chi connectivity index (χ1v) is 7.77. The van der Waals surface area contributed by atoms with E-state index in [1.54, 1.807) is 4.68 Å². The molecule has 1 aromatic carbocycles. The molecule has 0 spiro atoms. The van der Waals surface area contributed by atoms with E-state index in [-0.39, 0.29) is 12.6 Å². The highest BCUT2D eigenvalue weighted by atomic mass is 16.3. The van der Waals surface area contributed by atoms with Crippen LogP contribution in [0, 0.1) is 6.92 Å². The molecule has 0 fully saturated rings. The number of aliphatic hydroxyl groups excluding tert-OH is 1. The Morgan fingerprint density at radius 1 is 1.39 bits per heavy atom. The summed E-state index contributed by atoms with van der Waals surface area (Å²) in [6.45, 7) is 4.59. The fraction of sp³-hybridized carbons (Fsp3) is 0.412. The lowest BCUT2D eigenvalue weighted by Gasteiger charge is -2.13. The van der Waals surface area contributed by atoms with Gasteiger partial charge in [0.2, 0.25) is 0 Å². The van der Waals surface area contributed by atoms with Crippen molar-refractivity contribution in [3.8, 4) is 0 Å². The summed E-state index contributed by atoms with van der Waals surface area (Å²) in [5, 5.41) is 19.9. The van der Waals surface area contributed by atoms with E-state index in [2.05, 4.69) is 15.7 Å². The first-order valence-electron chi connectivity index (χ1n) is 7.77. The molecule has 1 unspecified atom stereocenters. The van der Waals surface area contributed by atoms with Crippen molar-refractivity contribution in [3.63, 3.8) is 0 Å². The van der Waals surface area contributed by atoms with Crippen molar-refractivity contribution in [1.29, 1.82) is 0 Å². The molecule has 2 aromatic rings. The van der Waals surface area contributed by atoms with E-state index in [9.17, 15) is 9.90 Å². The second-order valence-corrected chi connectivity index (χ2v) is 5.62. The molecular formula is C17H24N4O2. The minimum Gasteiger partial charge on any atom is -0.387 e. The van der Waals surface area contributed by atoms with Gasteiger partial charge in [0, 0.05) is 31.9 Å². The summed E-state index contributed by atoms with van der Waals surface area (Å²) in [6.07, 6.45) is 2.01. The second kappa shape index (κ2) is 7.78. The Morgan fingerprint density at radius 2 is 2.17 bits per heavy atom. The van der Waals surface area contributed by atoms with E-state index in [0.29, 0.717) is 6.54 Å². The molecule has 1 atom stereocenters. The highest BCUT2D eigenvalue weighted by molar-refractivity contribution is 5.73. The predicted octanol–water partition coefficient (Wildman–Crippen LogP) is 1.82. The Hall–Kier alpha value is -2.34. The number of nitrogens with one attached hydrogen (secondary N) is 2. The van der Waals surface area contributed by atoms with Crippen LogP contribution in [0.5, 0.6) is 0 Å². The Morgan fingerprint density at radius 3 is 2.87 bits per heavy atom. The zero-order valence-corrected chi connectivity index (χ0v) is 13.8. The van der Waals surface area contributed by atoms with Gasteiger partial charge in [-0.2, -0.15) is 5.10 Å². The van der Waals surface area contributed by atoms with Gasteiger partial charge >= 0.3 is 6.03 Å². The topological polar surface area (TPSA) is 79.2 Å². The van der Waals surface area contributed by atoms with Crippen LogP contribution >= 0.6 is 0 Å². The minimum absolute atomic E-state index is 0.170. The first-order chi connectivity index (χ1) is 11.0. The SMILES string of the molecule is CCc1nn(C)cc1CNC(=O)NCC(O)c1cccc(C)c1. The molecule has 3 N–H and O–H groups in total. The van der Waals surface area contributed by atoms with Crippen LogP contribution in [0.1, 0.15) is 35.4 Å². The summed E-state index contributed by atoms with van der Waals surface area (Å²) < 4.78 is 1.75. The van der Waals surface area contributed by atoms with Crippen LogP contribution in [0.4, 0.5) is 4.79 Å². The van der Waals surface area contributed by atoms with E-state index in [1.165, 1.54) is 0 Å². The Bertz CT molecular complexity index is 666. The zero-order valence-electron chi connectivity index (χ0n) is 13.8. The molecule has 0 radical (unpaired) electrons. The standard InChI is InChI=1S/C17H24N4O2/c1-4-15-14(11-21(3)20-15)9-18-17(23)19-10-16(22)13-7-5-6-12(2)8-13/h5-8,11,16,22H,4,9-10H2,1-3H3,(H2,18,19,23). The number of amides is 2. The third-order valence-corrected chi connectivity index (χ3v) is 3.65. The van der Waals surface area contributed by atoms with Gasteiger partial charge in [-0.1, -0.05) is 36.8 Å². The maximum absolute atomic E-state index is 11.9. The molecule has 1 heterocycles. The molecule has 0 aliphatic carbocycles. The molecule has 0 bridgehead atoms. The van der Waals surface area contributed by atoms with E-state index < -0.39 is 6.10 Å².